The fourth-order valence-corrected chi connectivity index (χ4v) is 4.58. The molecule has 152 valence electrons. The number of benzene rings is 1. The molecule has 3 rings (SSSR count). The van der Waals surface area contributed by atoms with E-state index in [9.17, 15) is 18.0 Å². The molecule has 2 atom stereocenters. The standard InChI is InChI=1S/C19H25N3O5S/c1-3-13(2)20-17(23)12-27-19(24)14-7-6-10-22(11-14)18-15-8-4-5-9-16(15)28(25,26)21-18/h4-5,8-9,13-14H,3,6-7,10-12H2,1-2H3,(H,20,23)/t13-,14-/m1/s1. The lowest BCUT2D eigenvalue weighted by Gasteiger charge is -2.32. The summed E-state index contributed by atoms with van der Waals surface area (Å²) >= 11 is 0. The molecular formula is C19H25N3O5S. The molecule has 0 saturated carbocycles. The second-order valence-corrected chi connectivity index (χ2v) is 8.73. The van der Waals surface area contributed by atoms with Gasteiger partial charge in [0.05, 0.1) is 5.92 Å². The van der Waals surface area contributed by atoms with Gasteiger partial charge in [-0.2, -0.15) is 8.42 Å². The van der Waals surface area contributed by atoms with Gasteiger partial charge in [0.15, 0.2) is 12.4 Å². The summed E-state index contributed by atoms with van der Waals surface area (Å²) < 4.78 is 33.6. The number of nitrogens with zero attached hydrogens (tertiary/aromatic N) is 2. The molecule has 1 saturated heterocycles. The first kappa shape index (κ1) is 20.3. The van der Waals surface area contributed by atoms with E-state index in [2.05, 4.69) is 9.71 Å². The molecule has 8 nitrogen and oxygen atoms in total. The van der Waals surface area contributed by atoms with E-state index in [0.717, 1.165) is 6.42 Å². The maximum absolute atomic E-state index is 12.4. The SMILES string of the molecule is CC[C@@H](C)NC(=O)COC(=O)[C@@H]1CCCN(C2=NS(=O)(=O)c3ccccc32)C1. The van der Waals surface area contributed by atoms with E-state index in [1.54, 1.807) is 18.2 Å². The minimum Gasteiger partial charge on any atom is -0.455 e. The lowest BCUT2D eigenvalue weighted by molar-refractivity contribution is -0.153. The van der Waals surface area contributed by atoms with E-state index in [-0.39, 0.29) is 23.5 Å². The van der Waals surface area contributed by atoms with Crippen molar-refractivity contribution in [3.05, 3.63) is 29.8 Å². The van der Waals surface area contributed by atoms with Gasteiger partial charge in [-0.15, -0.1) is 4.40 Å². The van der Waals surface area contributed by atoms with Gasteiger partial charge >= 0.3 is 5.97 Å². The second-order valence-electron chi connectivity index (χ2n) is 7.16. The highest BCUT2D eigenvalue weighted by atomic mass is 32.2. The van der Waals surface area contributed by atoms with Crippen LogP contribution in [0.1, 0.15) is 38.7 Å². The predicted molar refractivity (Wildman–Crippen MR) is 103 cm³/mol. The monoisotopic (exact) mass is 407 g/mol. The van der Waals surface area contributed by atoms with Crippen LogP contribution in [-0.4, -0.2) is 56.8 Å². The average molecular weight is 407 g/mol. The molecule has 2 aliphatic heterocycles. The summed E-state index contributed by atoms with van der Waals surface area (Å²) in [6, 6.07) is 6.71. The zero-order valence-corrected chi connectivity index (χ0v) is 16.9. The number of esters is 1. The van der Waals surface area contributed by atoms with Gasteiger partial charge in [0.1, 0.15) is 4.90 Å². The molecule has 1 aromatic carbocycles. The highest BCUT2D eigenvalue weighted by molar-refractivity contribution is 7.90. The van der Waals surface area contributed by atoms with Crippen molar-refractivity contribution in [1.29, 1.82) is 0 Å². The summed E-state index contributed by atoms with van der Waals surface area (Å²) in [6.07, 6.45) is 2.13. The normalized spacial score (nSPS) is 21.4. The fraction of sp³-hybridized carbons (Fsp3) is 0.526. The number of nitrogens with one attached hydrogen (secondary N) is 1. The number of carbonyl (C=O) groups excluding carboxylic acids is 2. The predicted octanol–water partition coefficient (Wildman–Crippen LogP) is 1.31. The molecule has 1 fully saturated rings. The number of hydrogen-bond acceptors (Lipinski definition) is 6. The quantitative estimate of drug-likeness (QED) is 0.738. The third-order valence-electron chi connectivity index (χ3n) is 5.03. The summed E-state index contributed by atoms with van der Waals surface area (Å²) in [7, 11) is -3.70. The van der Waals surface area contributed by atoms with Crippen molar-refractivity contribution >= 4 is 27.7 Å². The Labute approximate surface area is 165 Å². The Hall–Kier alpha value is -2.42. The van der Waals surface area contributed by atoms with Crippen LogP contribution in [-0.2, 0) is 24.3 Å². The van der Waals surface area contributed by atoms with Crippen molar-refractivity contribution in [3.63, 3.8) is 0 Å². The molecule has 0 aromatic heterocycles. The zero-order valence-electron chi connectivity index (χ0n) is 16.1. The molecule has 0 unspecified atom stereocenters. The smallest absolute Gasteiger partial charge is 0.311 e. The average Bonchev–Trinajstić information content (AvgIpc) is 2.97. The second kappa shape index (κ2) is 8.30. The van der Waals surface area contributed by atoms with Crippen molar-refractivity contribution in [2.24, 2.45) is 10.3 Å². The molecule has 9 heteroatoms. The molecule has 2 heterocycles. The summed E-state index contributed by atoms with van der Waals surface area (Å²) in [4.78, 5) is 26.2. The third kappa shape index (κ3) is 4.35. The Morgan fingerprint density at radius 2 is 2.11 bits per heavy atom. The molecule has 0 aliphatic carbocycles. The van der Waals surface area contributed by atoms with Gasteiger partial charge in [0, 0.05) is 24.7 Å². The van der Waals surface area contributed by atoms with Crippen molar-refractivity contribution in [1.82, 2.24) is 10.2 Å². The zero-order chi connectivity index (χ0) is 20.3. The first-order valence-corrected chi connectivity index (χ1v) is 10.9. The maximum atomic E-state index is 12.4. The third-order valence-corrected chi connectivity index (χ3v) is 6.36. The van der Waals surface area contributed by atoms with Gasteiger partial charge < -0.3 is 15.0 Å². The van der Waals surface area contributed by atoms with Crippen molar-refractivity contribution < 1.29 is 22.7 Å². The van der Waals surface area contributed by atoms with Crippen molar-refractivity contribution in [2.45, 2.75) is 44.0 Å². The molecule has 0 spiro atoms. The number of ether oxygens (including phenoxy) is 1. The van der Waals surface area contributed by atoms with E-state index >= 15 is 0 Å². The van der Waals surface area contributed by atoms with E-state index in [0.29, 0.717) is 37.3 Å². The topological polar surface area (TPSA) is 105 Å². The van der Waals surface area contributed by atoms with Crippen LogP contribution >= 0.6 is 0 Å². The van der Waals surface area contributed by atoms with Crippen molar-refractivity contribution in [2.75, 3.05) is 19.7 Å². The largest absolute Gasteiger partial charge is 0.455 e. The van der Waals surface area contributed by atoms with Crippen LogP contribution in [0.5, 0.6) is 0 Å². The van der Waals surface area contributed by atoms with Crippen LogP contribution in [0.2, 0.25) is 0 Å². The highest BCUT2D eigenvalue weighted by Gasteiger charge is 2.35. The van der Waals surface area contributed by atoms with Crippen LogP contribution < -0.4 is 5.32 Å². The van der Waals surface area contributed by atoms with E-state index in [1.165, 1.54) is 6.07 Å². The van der Waals surface area contributed by atoms with Gasteiger partial charge in [-0.3, -0.25) is 9.59 Å². The van der Waals surface area contributed by atoms with E-state index < -0.39 is 21.9 Å². The van der Waals surface area contributed by atoms with Crippen LogP contribution in [0.15, 0.2) is 33.6 Å². The summed E-state index contributed by atoms with van der Waals surface area (Å²) in [6.45, 7) is 4.46. The molecule has 0 bridgehead atoms. The van der Waals surface area contributed by atoms with Gasteiger partial charge in [-0.1, -0.05) is 19.1 Å². The fourth-order valence-electron chi connectivity index (χ4n) is 3.35. The summed E-state index contributed by atoms with van der Waals surface area (Å²) in [5, 5.41) is 2.75. The molecule has 28 heavy (non-hydrogen) atoms. The Balaban J connectivity index is 1.63. The molecule has 1 N–H and O–H groups in total. The Morgan fingerprint density at radius 3 is 2.86 bits per heavy atom. The lowest BCUT2D eigenvalue weighted by atomic mass is 9.97. The van der Waals surface area contributed by atoms with Crippen molar-refractivity contribution in [3.8, 4) is 0 Å². The number of hydrogen-bond donors (Lipinski definition) is 1. The van der Waals surface area contributed by atoms with Gasteiger partial charge in [-0.25, -0.2) is 0 Å². The number of rotatable bonds is 5. The van der Waals surface area contributed by atoms with Crippen LogP contribution in [0, 0.1) is 5.92 Å². The van der Waals surface area contributed by atoms with E-state index in [4.69, 9.17) is 4.74 Å². The first-order chi connectivity index (χ1) is 13.3. The number of amides is 1. The molecule has 1 aromatic rings. The highest BCUT2D eigenvalue weighted by Crippen LogP contribution is 2.29. The molecule has 0 radical (unpaired) electrons. The number of piperidine rings is 1. The van der Waals surface area contributed by atoms with Gasteiger partial charge in [-0.05, 0) is 38.3 Å². The van der Waals surface area contributed by atoms with Crippen LogP contribution in [0.3, 0.4) is 0 Å². The van der Waals surface area contributed by atoms with Gasteiger partial charge in [0.2, 0.25) is 0 Å². The van der Waals surface area contributed by atoms with Crippen LogP contribution in [0.4, 0.5) is 0 Å². The number of sulfonamides is 1. The number of amidine groups is 1. The van der Waals surface area contributed by atoms with Crippen LogP contribution in [0.25, 0.3) is 0 Å². The Kier molecular flexibility index (Phi) is 6.02. The minimum atomic E-state index is -3.70. The Bertz CT molecular complexity index is 897. The molecule has 1 amide bonds. The number of carbonyl (C=O) groups is 2. The van der Waals surface area contributed by atoms with Gasteiger partial charge in [0.25, 0.3) is 15.9 Å². The number of likely N-dealkylation sites (tertiary alicyclic amines) is 1. The van der Waals surface area contributed by atoms with E-state index in [1.807, 2.05) is 18.7 Å². The molecule has 2 aliphatic rings. The lowest BCUT2D eigenvalue weighted by Crippen LogP contribution is -2.43. The first-order valence-electron chi connectivity index (χ1n) is 9.47. The molecular weight excluding hydrogens is 382 g/mol. The number of fused-ring (bicyclic) bond motifs is 1. The summed E-state index contributed by atoms with van der Waals surface area (Å²) in [5.41, 5.74) is 0.560. The Morgan fingerprint density at radius 1 is 1.36 bits per heavy atom. The maximum Gasteiger partial charge on any atom is 0.311 e. The summed E-state index contributed by atoms with van der Waals surface area (Å²) in [5.74, 6) is -0.819. The minimum absolute atomic E-state index is 0.0266.